The number of fused-ring (bicyclic) bond motifs is 1. The minimum absolute atomic E-state index is 0.0370. The molecule has 0 spiro atoms. The highest BCUT2D eigenvalue weighted by atomic mass is 35.5. The average Bonchev–Trinajstić information content (AvgIpc) is 3.56. The molecule has 3 aromatic carbocycles. The molecule has 0 saturated heterocycles. The normalized spacial score (nSPS) is 11.9. The quantitative estimate of drug-likeness (QED) is 0.187. The number of carbonyl (C=O) groups excluding carboxylic acids is 1. The highest BCUT2D eigenvalue weighted by molar-refractivity contribution is 7.81. The Bertz CT molecular complexity index is 1640. The van der Waals surface area contributed by atoms with Gasteiger partial charge in [0.25, 0.3) is 0 Å². The number of halogens is 2. The third kappa shape index (κ3) is 5.13. The zero-order valence-corrected chi connectivity index (χ0v) is 22.8. The van der Waals surface area contributed by atoms with Crippen molar-refractivity contribution in [1.29, 1.82) is 0 Å². The van der Waals surface area contributed by atoms with Crippen molar-refractivity contribution in [3.05, 3.63) is 93.8 Å². The molecule has 2 heterocycles. The fraction of sp³-hybridized carbons (Fsp3) is 0.0769. The molecular weight excluding hydrogens is 569 g/mol. The summed E-state index contributed by atoms with van der Waals surface area (Å²) >= 11 is 11.1. The number of rotatable bonds is 7. The largest absolute Gasteiger partial charge is 0.755 e. The van der Waals surface area contributed by atoms with E-state index in [1.165, 1.54) is 29.1 Å². The molecule has 0 aliphatic carbocycles. The first-order valence-corrected chi connectivity index (χ1v) is 13.7. The lowest BCUT2D eigenvalue weighted by Gasteiger charge is -2.26. The van der Waals surface area contributed by atoms with Crippen LogP contribution >= 0.6 is 34.5 Å². The lowest BCUT2D eigenvalue weighted by atomic mass is 10.1. The molecule has 12 heteroatoms. The minimum Gasteiger partial charge on any atom is -0.755 e. The van der Waals surface area contributed by atoms with Crippen LogP contribution < -0.4 is 9.04 Å². The van der Waals surface area contributed by atoms with E-state index in [9.17, 15) is 13.6 Å². The summed E-state index contributed by atoms with van der Waals surface area (Å²) in [6.45, 7) is 0.0370. The summed E-state index contributed by atoms with van der Waals surface area (Å²) in [4.78, 5) is 18.0. The number of benzene rings is 3. The van der Waals surface area contributed by atoms with Gasteiger partial charge in [-0.05, 0) is 53.4 Å². The summed E-state index contributed by atoms with van der Waals surface area (Å²) < 4.78 is 38.0. The molecule has 0 aliphatic heterocycles. The molecule has 5 rings (SSSR count). The number of imidazole rings is 1. The second kappa shape index (κ2) is 11.1. The van der Waals surface area contributed by atoms with Crippen LogP contribution in [0.5, 0.6) is 5.75 Å². The van der Waals surface area contributed by atoms with Crippen molar-refractivity contribution in [1.82, 2.24) is 9.55 Å². The van der Waals surface area contributed by atoms with Crippen molar-refractivity contribution in [2.24, 2.45) is 0 Å². The summed E-state index contributed by atoms with van der Waals surface area (Å²) in [6, 6.07) is 20.6. The Kier molecular flexibility index (Phi) is 7.68. The molecule has 0 aliphatic rings. The Morgan fingerprint density at radius 3 is 2.53 bits per heavy atom. The Hall–Kier alpha value is -3.41. The third-order valence-corrected chi connectivity index (χ3v) is 7.98. The van der Waals surface area contributed by atoms with Gasteiger partial charge in [0, 0.05) is 5.56 Å². The van der Waals surface area contributed by atoms with Crippen LogP contribution in [0, 0.1) is 0 Å². The van der Waals surface area contributed by atoms with Crippen molar-refractivity contribution in [2.75, 3.05) is 11.4 Å². The molecule has 2 aromatic heterocycles. The molecule has 0 bridgehead atoms. The van der Waals surface area contributed by atoms with Crippen LogP contribution in [0.15, 0.2) is 78.2 Å². The van der Waals surface area contributed by atoms with Crippen LogP contribution in [-0.4, -0.2) is 31.5 Å². The predicted octanol–water partition coefficient (Wildman–Crippen LogP) is 7.20. The molecular formula is C26H18Cl2N3O5S2-. The van der Waals surface area contributed by atoms with Gasteiger partial charge in [0.05, 0.1) is 45.1 Å². The zero-order chi connectivity index (χ0) is 26.8. The number of ether oxygens (including phenoxy) is 2. The number of nitrogens with zero attached hydrogens (tertiary/aromatic N) is 3. The number of methoxy groups -OCH3 is 1. The Morgan fingerprint density at radius 2 is 1.84 bits per heavy atom. The topological polar surface area (TPSA) is 96.7 Å². The van der Waals surface area contributed by atoms with Crippen molar-refractivity contribution in [3.63, 3.8) is 0 Å². The van der Waals surface area contributed by atoms with Crippen LogP contribution in [0.1, 0.15) is 5.56 Å². The van der Waals surface area contributed by atoms with E-state index in [4.69, 9.17) is 32.7 Å². The number of hydrogen-bond acceptors (Lipinski definition) is 7. The number of hydrogen-bond donors (Lipinski definition) is 0. The molecule has 1 atom stereocenters. The van der Waals surface area contributed by atoms with Crippen molar-refractivity contribution < 1.29 is 23.0 Å². The van der Waals surface area contributed by atoms with Gasteiger partial charge in [-0.15, -0.1) is 11.3 Å². The molecule has 8 nitrogen and oxygen atoms in total. The first-order valence-electron chi connectivity index (χ1n) is 11.1. The Balaban J connectivity index is 1.65. The molecule has 1 unspecified atom stereocenters. The van der Waals surface area contributed by atoms with Gasteiger partial charge in [-0.3, -0.25) is 8.51 Å². The van der Waals surface area contributed by atoms with Gasteiger partial charge in [-0.25, -0.2) is 14.3 Å². The van der Waals surface area contributed by atoms with Gasteiger partial charge >= 0.3 is 6.09 Å². The van der Waals surface area contributed by atoms with Gasteiger partial charge in [-0.1, -0.05) is 53.5 Å². The molecule has 0 saturated carbocycles. The Morgan fingerprint density at radius 1 is 1.08 bits per heavy atom. The number of aromatic nitrogens is 2. The van der Waals surface area contributed by atoms with Gasteiger partial charge in [0.15, 0.2) is 5.82 Å². The maximum absolute atomic E-state index is 13.4. The van der Waals surface area contributed by atoms with E-state index < -0.39 is 17.4 Å². The van der Waals surface area contributed by atoms with Gasteiger partial charge < -0.3 is 14.0 Å². The highest BCUT2D eigenvalue weighted by Crippen LogP contribution is 2.40. The maximum atomic E-state index is 13.4. The average molecular weight is 587 g/mol. The second-order valence-corrected chi connectivity index (χ2v) is 10.5. The van der Waals surface area contributed by atoms with E-state index in [2.05, 4.69) is 4.98 Å². The second-order valence-electron chi connectivity index (χ2n) is 7.92. The van der Waals surface area contributed by atoms with E-state index in [0.29, 0.717) is 27.3 Å². The summed E-state index contributed by atoms with van der Waals surface area (Å²) in [5.41, 5.74) is 2.28. The van der Waals surface area contributed by atoms with E-state index in [0.717, 1.165) is 9.87 Å². The molecule has 0 radical (unpaired) electrons. The first kappa shape index (κ1) is 26.2. The van der Waals surface area contributed by atoms with Crippen molar-refractivity contribution in [3.8, 4) is 17.1 Å². The van der Waals surface area contributed by atoms with Crippen LogP contribution in [-0.2, 0) is 22.6 Å². The summed E-state index contributed by atoms with van der Waals surface area (Å²) in [7, 11) is 1.44. The SMILES string of the molecule is COc1ccc(-c2nc3cc(Cl)c(Cl)cc3n2C(=O)OCc2ccccc2)cc1N(c1cccs1)S(=O)[O-]. The first-order chi connectivity index (χ1) is 18.4. The fourth-order valence-electron chi connectivity index (χ4n) is 3.88. The van der Waals surface area contributed by atoms with Crippen LogP contribution in [0.2, 0.25) is 10.0 Å². The van der Waals surface area contributed by atoms with Crippen molar-refractivity contribution >= 4 is 73.6 Å². The smallest absolute Gasteiger partial charge is 0.420 e. The summed E-state index contributed by atoms with van der Waals surface area (Å²) in [5.74, 6) is 0.523. The van der Waals surface area contributed by atoms with Crippen LogP contribution in [0.25, 0.3) is 22.4 Å². The maximum Gasteiger partial charge on any atom is 0.420 e. The fourth-order valence-corrected chi connectivity index (χ4v) is 5.67. The van der Waals surface area contributed by atoms with E-state index >= 15 is 0 Å². The van der Waals surface area contributed by atoms with Crippen LogP contribution in [0.3, 0.4) is 0 Å². The molecule has 0 amide bonds. The molecule has 0 N–H and O–H groups in total. The number of thiophene rings is 1. The monoisotopic (exact) mass is 586 g/mol. The van der Waals surface area contributed by atoms with E-state index in [-0.39, 0.29) is 28.2 Å². The van der Waals surface area contributed by atoms with E-state index in [1.54, 1.807) is 41.8 Å². The summed E-state index contributed by atoms with van der Waals surface area (Å²) in [6.07, 6.45) is -0.690. The van der Waals surface area contributed by atoms with E-state index in [1.807, 2.05) is 30.3 Å². The number of carbonyl (C=O) groups is 1. The van der Waals surface area contributed by atoms with Gasteiger partial charge in [0.1, 0.15) is 17.4 Å². The zero-order valence-electron chi connectivity index (χ0n) is 19.7. The van der Waals surface area contributed by atoms with Crippen molar-refractivity contribution in [2.45, 2.75) is 6.61 Å². The molecule has 38 heavy (non-hydrogen) atoms. The minimum atomic E-state index is -2.66. The number of anilines is 2. The molecule has 5 aromatic rings. The lowest BCUT2D eigenvalue weighted by Crippen LogP contribution is -2.19. The summed E-state index contributed by atoms with van der Waals surface area (Å²) in [5, 5.41) is 2.74. The third-order valence-electron chi connectivity index (χ3n) is 5.60. The standard InChI is InChI=1S/C26H19Cl2N3O5S2/c1-35-23-10-9-17(12-22(23)31(38(33)34)24-8-5-11-37-24)25-29-20-13-18(27)19(28)14-21(20)30(25)26(32)36-15-16-6-3-2-4-7-16/h2-14H,15H2,1H3,(H,33,34)/p-1. The van der Waals surface area contributed by atoms with Crippen LogP contribution in [0.4, 0.5) is 15.5 Å². The molecule has 0 fully saturated rings. The molecule has 194 valence electrons. The van der Waals surface area contributed by atoms with Gasteiger partial charge in [0.2, 0.25) is 0 Å². The predicted molar refractivity (Wildman–Crippen MR) is 149 cm³/mol. The highest BCUT2D eigenvalue weighted by Gasteiger charge is 2.24. The van der Waals surface area contributed by atoms with Gasteiger partial charge in [-0.2, -0.15) is 0 Å². The lowest BCUT2D eigenvalue weighted by molar-refractivity contribution is 0.142. The Labute approximate surface area is 234 Å².